The van der Waals surface area contributed by atoms with Crippen molar-refractivity contribution in [2.24, 2.45) is 10.9 Å². The Morgan fingerprint density at radius 3 is 2.58 bits per heavy atom. The number of rotatable bonds is 6. The van der Waals surface area contributed by atoms with Crippen LogP contribution in [0.3, 0.4) is 0 Å². The Labute approximate surface area is 162 Å². The lowest BCUT2D eigenvalue weighted by Crippen LogP contribution is -2.42. The van der Waals surface area contributed by atoms with Crippen LogP contribution < -0.4 is 10.6 Å². The zero-order chi connectivity index (χ0) is 16.5. The van der Waals surface area contributed by atoms with E-state index in [1.807, 2.05) is 6.07 Å². The number of benzene rings is 1. The zero-order valence-corrected chi connectivity index (χ0v) is 17.1. The summed E-state index contributed by atoms with van der Waals surface area (Å²) >= 11 is 0. The van der Waals surface area contributed by atoms with E-state index in [9.17, 15) is 4.39 Å². The van der Waals surface area contributed by atoms with Crippen molar-refractivity contribution in [2.75, 3.05) is 33.2 Å². The molecule has 136 valence electrons. The molecular formula is C18H30FIN4. The summed E-state index contributed by atoms with van der Waals surface area (Å²) in [6.07, 6.45) is 3.70. The van der Waals surface area contributed by atoms with Crippen molar-refractivity contribution >= 4 is 29.9 Å². The van der Waals surface area contributed by atoms with Gasteiger partial charge in [0, 0.05) is 25.7 Å². The molecule has 24 heavy (non-hydrogen) atoms. The second-order valence-corrected chi connectivity index (χ2v) is 6.18. The maximum absolute atomic E-state index is 13.6. The Morgan fingerprint density at radius 2 is 1.96 bits per heavy atom. The first-order valence-electron chi connectivity index (χ1n) is 8.63. The fourth-order valence-corrected chi connectivity index (χ4v) is 3.01. The molecule has 1 aromatic rings. The Kier molecular flexibility index (Phi) is 10.2. The van der Waals surface area contributed by atoms with Crippen LogP contribution in [0.4, 0.5) is 4.39 Å². The third-order valence-electron chi connectivity index (χ3n) is 4.43. The van der Waals surface area contributed by atoms with E-state index in [1.54, 1.807) is 19.2 Å². The molecule has 0 spiro atoms. The first-order chi connectivity index (χ1) is 11.2. The highest BCUT2D eigenvalue weighted by molar-refractivity contribution is 14.0. The Morgan fingerprint density at radius 1 is 1.25 bits per heavy atom. The summed E-state index contributed by atoms with van der Waals surface area (Å²) in [5.74, 6) is 1.25. The Bertz CT molecular complexity index is 502. The van der Waals surface area contributed by atoms with Crippen LogP contribution in [0.5, 0.6) is 0 Å². The molecule has 0 aromatic heterocycles. The highest BCUT2D eigenvalue weighted by Crippen LogP contribution is 2.16. The molecule has 0 saturated carbocycles. The molecule has 0 aliphatic carbocycles. The number of halogens is 2. The van der Waals surface area contributed by atoms with Gasteiger partial charge in [-0.25, -0.2) is 4.39 Å². The van der Waals surface area contributed by atoms with Crippen LogP contribution in [0, 0.1) is 11.7 Å². The van der Waals surface area contributed by atoms with Gasteiger partial charge in [-0.15, -0.1) is 24.0 Å². The highest BCUT2D eigenvalue weighted by Gasteiger charge is 2.18. The minimum atomic E-state index is -0.182. The van der Waals surface area contributed by atoms with E-state index in [4.69, 9.17) is 0 Å². The summed E-state index contributed by atoms with van der Waals surface area (Å²) in [4.78, 5) is 6.77. The van der Waals surface area contributed by atoms with Crippen molar-refractivity contribution in [1.82, 2.24) is 15.5 Å². The maximum Gasteiger partial charge on any atom is 0.191 e. The number of nitrogens with zero attached hydrogens (tertiary/aromatic N) is 2. The van der Waals surface area contributed by atoms with Gasteiger partial charge in [0.25, 0.3) is 0 Å². The van der Waals surface area contributed by atoms with Crippen molar-refractivity contribution in [3.05, 3.63) is 35.6 Å². The Hall–Kier alpha value is -0.890. The standard InChI is InChI=1S/C18H29FN4.HI/c1-3-10-23-11-8-15(9-12-23)13-21-18(20-2)22-14-16-6-4-5-7-17(16)19;/h4-7,15H,3,8-14H2,1-2H3,(H2,20,21,22);1H. The average Bonchev–Trinajstić information content (AvgIpc) is 2.58. The van der Waals surface area contributed by atoms with Crippen LogP contribution in [-0.4, -0.2) is 44.1 Å². The van der Waals surface area contributed by atoms with E-state index < -0.39 is 0 Å². The molecule has 0 unspecified atom stereocenters. The lowest BCUT2D eigenvalue weighted by molar-refractivity contribution is 0.185. The molecule has 4 nitrogen and oxygen atoms in total. The largest absolute Gasteiger partial charge is 0.356 e. The highest BCUT2D eigenvalue weighted by atomic mass is 127. The monoisotopic (exact) mass is 448 g/mol. The topological polar surface area (TPSA) is 39.7 Å². The molecule has 2 rings (SSSR count). The van der Waals surface area contributed by atoms with Crippen LogP contribution in [-0.2, 0) is 6.54 Å². The molecule has 1 heterocycles. The van der Waals surface area contributed by atoms with E-state index in [-0.39, 0.29) is 29.8 Å². The van der Waals surface area contributed by atoms with E-state index in [1.165, 1.54) is 45.0 Å². The molecule has 0 bridgehead atoms. The number of guanidine groups is 1. The number of piperidine rings is 1. The lowest BCUT2D eigenvalue weighted by Gasteiger charge is -2.32. The molecule has 1 saturated heterocycles. The van der Waals surface area contributed by atoms with Gasteiger partial charge in [0.05, 0.1) is 0 Å². The molecule has 1 aliphatic rings. The van der Waals surface area contributed by atoms with Crippen LogP contribution in [0.2, 0.25) is 0 Å². The summed E-state index contributed by atoms with van der Waals surface area (Å²) < 4.78 is 13.6. The van der Waals surface area contributed by atoms with E-state index in [2.05, 4.69) is 27.4 Å². The fraction of sp³-hybridized carbons (Fsp3) is 0.611. The average molecular weight is 448 g/mol. The summed E-state index contributed by atoms with van der Waals surface area (Å²) in [7, 11) is 1.75. The predicted octanol–water partition coefficient (Wildman–Crippen LogP) is 3.23. The molecule has 6 heteroatoms. The molecule has 1 aliphatic heterocycles. The first kappa shape index (κ1) is 21.2. The third kappa shape index (κ3) is 6.93. The summed E-state index contributed by atoms with van der Waals surface area (Å²) in [5.41, 5.74) is 0.656. The number of hydrogen-bond donors (Lipinski definition) is 2. The van der Waals surface area contributed by atoms with E-state index in [0.717, 1.165) is 12.5 Å². The molecule has 2 N–H and O–H groups in total. The van der Waals surface area contributed by atoms with Crippen LogP contribution in [0.25, 0.3) is 0 Å². The normalized spacial score (nSPS) is 16.5. The van der Waals surface area contributed by atoms with Gasteiger partial charge in [-0.05, 0) is 50.9 Å². The molecular weight excluding hydrogens is 418 g/mol. The minimum Gasteiger partial charge on any atom is -0.356 e. The van der Waals surface area contributed by atoms with Gasteiger partial charge in [-0.1, -0.05) is 25.1 Å². The zero-order valence-electron chi connectivity index (χ0n) is 14.7. The first-order valence-corrected chi connectivity index (χ1v) is 8.63. The molecule has 1 aromatic carbocycles. The second-order valence-electron chi connectivity index (χ2n) is 6.18. The van der Waals surface area contributed by atoms with E-state index >= 15 is 0 Å². The van der Waals surface area contributed by atoms with Crippen molar-refractivity contribution in [1.29, 1.82) is 0 Å². The molecule has 0 atom stereocenters. The smallest absolute Gasteiger partial charge is 0.191 e. The van der Waals surface area contributed by atoms with Crippen molar-refractivity contribution in [2.45, 2.75) is 32.7 Å². The van der Waals surface area contributed by atoms with Crippen molar-refractivity contribution in [3.63, 3.8) is 0 Å². The summed E-state index contributed by atoms with van der Waals surface area (Å²) in [6, 6.07) is 6.83. The van der Waals surface area contributed by atoms with Gasteiger partial charge in [0.1, 0.15) is 5.82 Å². The quantitative estimate of drug-likeness (QED) is 0.399. The minimum absolute atomic E-state index is 0. The number of hydrogen-bond acceptors (Lipinski definition) is 2. The van der Waals surface area contributed by atoms with Gasteiger partial charge in [0.2, 0.25) is 0 Å². The Balaban J connectivity index is 0.00000288. The van der Waals surface area contributed by atoms with Crippen LogP contribution >= 0.6 is 24.0 Å². The van der Waals surface area contributed by atoms with Gasteiger partial charge in [-0.3, -0.25) is 4.99 Å². The lowest BCUT2D eigenvalue weighted by atomic mass is 9.97. The molecule has 0 radical (unpaired) electrons. The van der Waals surface area contributed by atoms with Gasteiger partial charge in [0.15, 0.2) is 5.96 Å². The van der Waals surface area contributed by atoms with Crippen LogP contribution in [0.1, 0.15) is 31.7 Å². The third-order valence-corrected chi connectivity index (χ3v) is 4.43. The predicted molar refractivity (Wildman–Crippen MR) is 109 cm³/mol. The van der Waals surface area contributed by atoms with E-state index in [0.29, 0.717) is 18.0 Å². The fourth-order valence-electron chi connectivity index (χ4n) is 3.01. The summed E-state index contributed by atoms with van der Waals surface area (Å²) in [5, 5.41) is 6.56. The molecule has 0 amide bonds. The second kappa shape index (κ2) is 11.6. The SMILES string of the molecule is CCCN1CCC(CNC(=NC)NCc2ccccc2F)CC1.I. The van der Waals surface area contributed by atoms with Gasteiger partial charge in [-0.2, -0.15) is 0 Å². The van der Waals surface area contributed by atoms with Gasteiger partial charge < -0.3 is 15.5 Å². The summed E-state index contributed by atoms with van der Waals surface area (Å²) in [6.45, 7) is 7.21. The number of aliphatic imine (C=N–C) groups is 1. The van der Waals surface area contributed by atoms with Crippen LogP contribution in [0.15, 0.2) is 29.3 Å². The maximum atomic E-state index is 13.6. The van der Waals surface area contributed by atoms with Gasteiger partial charge >= 0.3 is 0 Å². The van der Waals surface area contributed by atoms with Crippen molar-refractivity contribution < 1.29 is 4.39 Å². The number of nitrogens with one attached hydrogen (secondary N) is 2. The molecule has 1 fully saturated rings. The van der Waals surface area contributed by atoms with Crippen molar-refractivity contribution in [3.8, 4) is 0 Å². The number of likely N-dealkylation sites (tertiary alicyclic amines) is 1.